The average Bonchev–Trinajstić information content (AvgIpc) is 2.96. The van der Waals surface area contributed by atoms with Gasteiger partial charge in [0.25, 0.3) is 5.91 Å². The van der Waals surface area contributed by atoms with Gasteiger partial charge in [-0.2, -0.15) is 0 Å². The smallest absolute Gasteiger partial charge is 0.267 e. The number of benzene rings is 3. The van der Waals surface area contributed by atoms with E-state index in [9.17, 15) is 9.18 Å². The molecule has 3 heteroatoms. The molecule has 116 valence electrons. The lowest BCUT2D eigenvalue weighted by atomic mass is 9.91. The maximum Gasteiger partial charge on any atom is 0.277 e. The highest BCUT2D eigenvalue weighted by Gasteiger charge is 2.17. The van der Waals surface area contributed by atoms with Gasteiger partial charge < -0.3 is 0 Å². The molecule has 0 saturated heterocycles. The van der Waals surface area contributed by atoms with Crippen molar-refractivity contribution in [1.29, 1.82) is 0 Å². The Morgan fingerprint density at radius 3 is 2.42 bits per heavy atom. The Labute approximate surface area is 139 Å². The van der Waals surface area contributed by atoms with Gasteiger partial charge in [-0.15, -0.1) is 0 Å². The first kappa shape index (κ1) is 14.5. The largest absolute Gasteiger partial charge is 0.277 e. The molecule has 0 N–H and O–H groups in total. The number of fused-ring (bicyclic) bond motifs is 1. The molecule has 0 spiro atoms. The van der Waals surface area contributed by atoms with Crippen molar-refractivity contribution >= 4 is 12.1 Å². The van der Waals surface area contributed by atoms with Crippen molar-refractivity contribution in [3.8, 4) is 22.3 Å². The van der Waals surface area contributed by atoms with E-state index < -0.39 is 0 Å². The summed E-state index contributed by atoms with van der Waals surface area (Å²) in [6.07, 6.45) is 1.59. The van der Waals surface area contributed by atoms with E-state index in [4.69, 9.17) is 0 Å². The zero-order chi connectivity index (χ0) is 16.7. The Morgan fingerprint density at radius 2 is 1.58 bits per heavy atom. The van der Waals surface area contributed by atoms with Crippen molar-refractivity contribution in [3.05, 3.63) is 83.2 Å². The topological polar surface area (TPSA) is 29.4 Å². The average molecular weight is 315 g/mol. The highest BCUT2D eigenvalue weighted by Crippen LogP contribution is 2.34. The molecule has 0 aromatic heterocycles. The van der Waals surface area contributed by atoms with Crippen LogP contribution in [0.5, 0.6) is 0 Å². The van der Waals surface area contributed by atoms with E-state index in [1.807, 2.05) is 43.3 Å². The molecule has 1 aliphatic rings. The van der Waals surface area contributed by atoms with Gasteiger partial charge in [0, 0.05) is 17.3 Å². The van der Waals surface area contributed by atoms with Gasteiger partial charge in [0.2, 0.25) is 0 Å². The van der Waals surface area contributed by atoms with Crippen molar-refractivity contribution in [2.24, 2.45) is 4.99 Å². The molecular formula is C21H14FNO. The maximum absolute atomic E-state index is 14.2. The first-order valence-corrected chi connectivity index (χ1v) is 7.72. The number of nitrogens with zero attached hydrogens (tertiary/aromatic N) is 1. The molecule has 4 rings (SSSR count). The Bertz CT molecular complexity index is 1000. The van der Waals surface area contributed by atoms with E-state index in [1.54, 1.807) is 24.4 Å². The number of carbonyl (C=O) groups is 1. The first-order chi connectivity index (χ1) is 11.6. The van der Waals surface area contributed by atoms with Crippen molar-refractivity contribution in [1.82, 2.24) is 0 Å². The van der Waals surface area contributed by atoms with Gasteiger partial charge in [-0.1, -0.05) is 42.5 Å². The summed E-state index contributed by atoms with van der Waals surface area (Å²) in [5, 5.41) is 0. The predicted molar refractivity (Wildman–Crippen MR) is 93.9 cm³/mol. The van der Waals surface area contributed by atoms with Crippen LogP contribution in [0.15, 0.2) is 65.7 Å². The number of rotatable bonds is 2. The monoisotopic (exact) mass is 315 g/mol. The molecule has 1 heterocycles. The van der Waals surface area contributed by atoms with Crippen LogP contribution in [0.3, 0.4) is 0 Å². The summed E-state index contributed by atoms with van der Waals surface area (Å²) >= 11 is 0. The minimum atomic E-state index is -0.232. The van der Waals surface area contributed by atoms with Crippen LogP contribution >= 0.6 is 0 Å². The van der Waals surface area contributed by atoms with Gasteiger partial charge >= 0.3 is 0 Å². The normalized spacial score (nSPS) is 12.5. The fourth-order valence-electron chi connectivity index (χ4n) is 3.15. The van der Waals surface area contributed by atoms with Crippen LogP contribution in [0.25, 0.3) is 22.3 Å². The lowest BCUT2D eigenvalue weighted by Crippen LogP contribution is -1.94. The third-order valence-corrected chi connectivity index (χ3v) is 4.41. The maximum atomic E-state index is 14.2. The molecule has 0 aliphatic carbocycles. The highest BCUT2D eigenvalue weighted by atomic mass is 19.1. The van der Waals surface area contributed by atoms with Gasteiger partial charge in [0.1, 0.15) is 5.82 Å². The predicted octanol–water partition coefficient (Wildman–Crippen LogP) is 5.04. The second-order valence-electron chi connectivity index (χ2n) is 5.82. The van der Waals surface area contributed by atoms with E-state index in [-0.39, 0.29) is 11.7 Å². The SMILES string of the molecule is Cc1c(-c2ccc3c(c2)C=NC3=O)cccc1-c1ccccc1F. The van der Waals surface area contributed by atoms with Gasteiger partial charge in [0.15, 0.2) is 0 Å². The van der Waals surface area contributed by atoms with E-state index in [1.165, 1.54) is 6.07 Å². The number of amides is 1. The van der Waals surface area contributed by atoms with Crippen molar-refractivity contribution in [2.45, 2.75) is 6.92 Å². The molecule has 24 heavy (non-hydrogen) atoms. The third kappa shape index (κ3) is 2.26. The van der Waals surface area contributed by atoms with Crippen LogP contribution in [0.1, 0.15) is 21.5 Å². The number of hydrogen-bond acceptors (Lipinski definition) is 1. The lowest BCUT2D eigenvalue weighted by Gasteiger charge is -2.13. The van der Waals surface area contributed by atoms with Crippen LogP contribution in [-0.4, -0.2) is 12.1 Å². The summed E-state index contributed by atoms with van der Waals surface area (Å²) in [6, 6.07) is 18.3. The van der Waals surface area contributed by atoms with E-state index in [2.05, 4.69) is 4.99 Å². The Kier molecular flexibility index (Phi) is 3.35. The minimum Gasteiger partial charge on any atom is -0.267 e. The molecule has 0 bridgehead atoms. The van der Waals surface area contributed by atoms with Gasteiger partial charge in [-0.3, -0.25) is 4.79 Å². The van der Waals surface area contributed by atoms with E-state index >= 15 is 0 Å². The van der Waals surface area contributed by atoms with E-state index in [0.717, 1.165) is 27.8 Å². The fraction of sp³-hybridized carbons (Fsp3) is 0.0476. The lowest BCUT2D eigenvalue weighted by molar-refractivity contribution is 0.101. The second-order valence-corrected chi connectivity index (χ2v) is 5.82. The summed E-state index contributed by atoms with van der Waals surface area (Å²) in [5.74, 6) is -0.433. The molecule has 1 aliphatic heterocycles. The van der Waals surface area contributed by atoms with Crippen LogP contribution in [0, 0.1) is 12.7 Å². The van der Waals surface area contributed by atoms with Crippen molar-refractivity contribution < 1.29 is 9.18 Å². The molecular weight excluding hydrogens is 301 g/mol. The van der Waals surface area contributed by atoms with Gasteiger partial charge in [0.05, 0.1) is 5.56 Å². The number of carbonyl (C=O) groups excluding carboxylic acids is 1. The van der Waals surface area contributed by atoms with E-state index in [0.29, 0.717) is 11.1 Å². The van der Waals surface area contributed by atoms with Crippen molar-refractivity contribution in [3.63, 3.8) is 0 Å². The summed E-state index contributed by atoms with van der Waals surface area (Å²) in [6.45, 7) is 1.99. The standard InChI is InChI=1S/C21H14FNO/c1-13-16(14-9-10-18-15(11-14)12-23-21(18)24)6-4-7-17(13)19-5-2-3-8-20(19)22/h2-12H,1H3. The number of aliphatic imine (C=N–C) groups is 1. The molecule has 0 fully saturated rings. The Morgan fingerprint density at radius 1 is 0.833 bits per heavy atom. The molecule has 2 nitrogen and oxygen atoms in total. The number of halogens is 1. The minimum absolute atomic E-state index is 0.201. The van der Waals surface area contributed by atoms with Gasteiger partial charge in [-0.05, 0) is 47.4 Å². The summed E-state index contributed by atoms with van der Waals surface area (Å²) in [5.41, 5.74) is 5.93. The zero-order valence-electron chi connectivity index (χ0n) is 13.1. The van der Waals surface area contributed by atoms with Crippen LogP contribution in [-0.2, 0) is 0 Å². The summed E-state index contributed by atoms with van der Waals surface area (Å²) in [4.78, 5) is 15.4. The second kappa shape index (κ2) is 5.53. The van der Waals surface area contributed by atoms with Crippen LogP contribution < -0.4 is 0 Å². The fourth-order valence-corrected chi connectivity index (χ4v) is 3.15. The molecule has 0 radical (unpaired) electrons. The van der Waals surface area contributed by atoms with Crippen molar-refractivity contribution in [2.75, 3.05) is 0 Å². The van der Waals surface area contributed by atoms with Gasteiger partial charge in [-0.25, -0.2) is 9.38 Å². The first-order valence-electron chi connectivity index (χ1n) is 7.72. The molecule has 0 unspecified atom stereocenters. The third-order valence-electron chi connectivity index (χ3n) is 4.41. The Balaban J connectivity index is 1.86. The highest BCUT2D eigenvalue weighted by molar-refractivity contribution is 6.13. The summed E-state index contributed by atoms with van der Waals surface area (Å²) in [7, 11) is 0. The molecule has 3 aromatic carbocycles. The zero-order valence-corrected chi connectivity index (χ0v) is 13.1. The molecule has 3 aromatic rings. The molecule has 1 amide bonds. The summed E-state index contributed by atoms with van der Waals surface area (Å²) < 4.78 is 14.2. The quantitative estimate of drug-likeness (QED) is 0.651. The Hall–Kier alpha value is -3.07. The number of hydrogen-bond donors (Lipinski definition) is 0. The van der Waals surface area contributed by atoms with Crippen LogP contribution in [0.4, 0.5) is 4.39 Å². The molecule has 0 atom stereocenters. The molecule has 0 saturated carbocycles. The van der Waals surface area contributed by atoms with Crippen LogP contribution in [0.2, 0.25) is 0 Å².